The molecule has 0 aliphatic rings. The van der Waals surface area contributed by atoms with E-state index in [1.165, 1.54) is 6.20 Å². The van der Waals surface area contributed by atoms with E-state index in [1.807, 2.05) is 25.1 Å². The van der Waals surface area contributed by atoms with Gasteiger partial charge in [-0.2, -0.15) is 0 Å². The highest BCUT2D eigenvalue weighted by atomic mass is 16.4. The molecule has 2 aromatic heterocycles. The van der Waals surface area contributed by atoms with Crippen LogP contribution >= 0.6 is 0 Å². The highest BCUT2D eigenvalue weighted by Gasteiger charge is 2.13. The third-order valence-electron chi connectivity index (χ3n) is 2.55. The van der Waals surface area contributed by atoms with Crippen molar-refractivity contribution in [3.8, 4) is 0 Å². The predicted octanol–water partition coefficient (Wildman–Crippen LogP) is 2.35. The van der Waals surface area contributed by atoms with E-state index >= 15 is 0 Å². The van der Waals surface area contributed by atoms with Crippen LogP contribution in [0.2, 0.25) is 0 Å². The van der Waals surface area contributed by atoms with Crippen molar-refractivity contribution in [2.45, 2.75) is 13.0 Å². The van der Waals surface area contributed by atoms with Crippen molar-refractivity contribution in [1.82, 2.24) is 9.97 Å². The second-order valence-electron chi connectivity index (χ2n) is 3.85. The molecule has 0 saturated heterocycles. The Morgan fingerprint density at radius 3 is 2.83 bits per heavy atom. The fraction of sp³-hybridized carbons (Fsp3) is 0.154. The number of anilines is 1. The summed E-state index contributed by atoms with van der Waals surface area (Å²) in [5, 5.41) is 12.2. The lowest BCUT2D eigenvalue weighted by Crippen LogP contribution is -2.11. The van der Waals surface area contributed by atoms with E-state index in [0.717, 1.165) is 5.69 Å². The minimum absolute atomic E-state index is 0.0771. The fourth-order valence-electron chi connectivity index (χ4n) is 1.63. The van der Waals surface area contributed by atoms with Crippen LogP contribution in [-0.2, 0) is 0 Å². The maximum absolute atomic E-state index is 11.0. The molecule has 0 spiro atoms. The number of pyridine rings is 2. The van der Waals surface area contributed by atoms with E-state index in [-0.39, 0.29) is 11.6 Å². The van der Waals surface area contributed by atoms with E-state index in [4.69, 9.17) is 5.11 Å². The lowest BCUT2D eigenvalue weighted by Gasteiger charge is -2.15. The van der Waals surface area contributed by atoms with E-state index in [2.05, 4.69) is 15.3 Å². The number of nitrogens with one attached hydrogen (secondary N) is 1. The predicted molar refractivity (Wildman–Crippen MR) is 67.5 cm³/mol. The van der Waals surface area contributed by atoms with Gasteiger partial charge in [0.05, 0.1) is 17.4 Å². The van der Waals surface area contributed by atoms with E-state index < -0.39 is 5.97 Å². The second-order valence-corrected chi connectivity index (χ2v) is 3.85. The van der Waals surface area contributed by atoms with Crippen molar-refractivity contribution in [2.24, 2.45) is 0 Å². The van der Waals surface area contributed by atoms with Gasteiger partial charge in [-0.1, -0.05) is 6.07 Å². The first-order valence-corrected chi connectivity index (χ1v) is 5.53. The number of hydrogen-bond donors (Lipinski definition) is 2. The van der Waals surface area contributed by atoms with Crippen LogP contribution < -0.4 is 5.32 Å². The molecular weight excluding hydrogens is 230 g/mol. The third-order valence-corrected chi connectivity index (χ3v) is 2.55. The lowest BCUT2D eigenvalue weighted by molar-refractivity contribution is 0.0697. The average Bonchev–Trinajstić information content (AvgIpc) is 2.40. The maximum atomic E-state index is 11.0. The van der Waals surface area contributed by atoms with Gasteiger partial charge in [-0.05, 0) is 25.1 Å². The normalized spacial score (nSPS) is 11.8. The zero-order valence-electron chi connectivity index (χ0n) is 9.87. The first-order chi connectivity index (χ1) is 8.68. The van der Waals surface area contributed by atoms with Crippen LogP contribution in [0, 0.1) is 0 Å². The molecule has 5 heteroatoms. The quantitative estimate of drug-likeness (QED) is 0.862. The number of hydrogen-bond acceptors (Lipinski definition) is 4. The summed E-state index contributed by atoms with van der Waals surface area (Å²) in [5.41, 5.74) is 1.54. The Labute approximate surface area is 105 Å². The average molecular weight is 243 g/mol. The van der Waals surface area contributed by atoms with Crippen LogP contribution in [0.1, 0.15) is 29.0 Å². The Bertz CT molecular complexity index is 543. The highest BCUT2D eigenvalue weighted by Crippen LogP contribution is 2.20. The molecule has 0 radical (unpaired) electrons. The van der Waals surface area contributed by atoms with Gasteiger partial charge in [0.2, 0.25) is 0 Å². The zero-order valence-corrected chi connectivity index (χ0v) is 9.87. The number of carboxylic acids is 1. The number of carbonyl (C=O) groups is 1. The summed E-state index contributed by atoms with van der Waals surface area (Å²) in [6.07, 6.45) is 4.59. The van der Waals surface area contributed by atoms with Crippen molar-refractivity contribution in [3.05, 3.63) is 54.1 Å². The minimum Gasteiger partial charge on any atom is -0.478 e. The number of carboxylic acid groups (broad SMARTS) is 1. The molecular formula is C13H13N3O2. The molecule has 92 valence electrons. The van der Waals surface area contributed by atoms with Crippen LogP contribution in [-0.4, -0.2) is 21.0 Å². The zero-order chi connectivity index (χ0) is 13.0. The van der Waals surface area contributed by atoms with Gasteiger partial charge < -0.3 is 10.4 Å². The second kappa shape index (κ2) is 5.27. The standard InChI is InChI=1S/C13H13N3O2/c1-9(11-4-2-3-6-15-11)16-12-5-7-14-8-10(12)13(17)18/h2-9H,1H3,(H,14,16)(H,17,18). The van der Waals surface area contributed by atoms with Crippen LogP contribution in [0.25, 0.3) is 0 Å². The van der Waals surface area contributed by atoms with Crippen molar-refractivity contribution >= 4 is 11.7 Å². The summed E-state index contributed by atoms with van der Waals surface area (Å²) in [6, 6.07) is 7.19. The van der Waals surface area contributed by atoms with Gasteiger partial charge in [-0.3, -0.25) is 9.97 Å². The molecule has 1 unspecified atom stereocenters. The molecule has 0 aliphatic heterocycles. The molecule has 0 saturated carbocycles. The number of aromatic nitrogens is 2. The molecule has 0 aliphatic carbocycles. The first-order valence-electron chi connectivity index (χ1n) is 5.53. The Hall–Kier alpha value is -2.43. The molecule has 18 heavy (non-hydrogen) atoms. The molecule has 0 fully saturated rings. The third kappa shape index (κ3) is 2.63. The van der Waals surface area contributed by atoms with Crippen molar-refractivity contribution in [3.63, 3.8) is 0 Å². The SMILES string of the molecule is CC(Nc1ccncc1C(=O)O)c1ccccn1. The lowest BCUT2D eigenvalue weighted by atomic mass is 10.1. The molecule has 2 rings (SSSR count). The van der Waals surface area contributed by atoms with Crippen LogP contribution in [0.3, 0.4) is 0 Å². The number of aromatic carboxylic acids is 1. The van der Waals surface area contributed by atoms with Gasteiger partial charge in [-0.25, -0.2) is 4.79 Å². The summed E-state index contributed by atoms with van der Waals surface area (Å²) in [5.74, 6) is -1.00. The molecule has 1 atom stereocenters. The fourth-order valence-corrected chi connectivity index (χ4v) is 1.63. The molecule has 0 bridgehead atoms. The maximum Gasteiger partial charge on any atom is 0.339 e. The Kier molecular flexibility index (Phi) is 3.52. The van der Waals surface area contributed by atoms with Crippen LogP contribution in [0.4, 0.5) is 5.69 Å². The van der Waals surface area contributed by atoms with Crippen molar-refractivity contribution in [2.75, 3.05) is 5.32 Å². The first kappa shape index (κ1) is 12.0. The summed E-state index contributed by atoms with van der Waals surface area (Å²) in [4.78, 5) is 19.1. The monoisotopic (exact) mass is 243 g/mol. The van der Waals surface area contributed by atoms with Gasteiger partial charge in [0.15, 0.2) is 0 Å². The van der Waals surface area contributed by atoms with E-state index in [0.29, 0.717) is 5.69 Å². The van der Waals surface area contributed by atoms with Crippen LogP contribution in [0.5, 0.6) is 0 Å². The molecule has 2 N–H and O–H groups in total. The number of rotatable bonds is 4. The summed E-state index contributed by atoms with van der Waals surface area (Å²) in [6.45, 7) is 1.92. The largest absolute Gasteiger partial charge is 0.478 e. The summed E-state index contributed by atoms with van der Waals surface area (Å²) < 4.78 is 0. The molecule has 5 nitrogen and oxygen atoms in total. The summed E-state index contributed by atoms with van der Waals surface area (Å²) >= 11 is 0. The van der Waals surface area contributed by atoms with Crippen LogP contribution in [0.15, 0.2) is 42.9 Å². The van der Waals surface area contributed by atoms with Gasteiger partial charge in [0.1, 0.15) is 5.56 Å². The van der Waals surface area contributed by atoms with E-state index in [1.54, 1.807) is 18.5 Å². The molecule has 2 aromatic rings. The Morgan fingerprint density at radius 2 is 2.17 bits per heavy atom. The minimum atomic E-state index is -1.00. The number of nitrogens with zero attached hydrogens (tertiary/aromatic N) is 2. The summed E-state index contributed by atoms with van der Waals surface area (Å²) in [7, 11) is 0. The molecule has 2 heterocycles. The molecule has 0 amide bonds. The Morgan fingerprint density at radius 1 is 1.33 bits per heavy atom. The molecule has 0 aromatic carbocycles. The smallest absolute Gasteiger partial charge is 0.339 e. The highest BCUT2D eigenvalue weighted by molar-refractivity contribution is 5.93. The van der Waals surface area contributed by atoms with Gasteiger partial charge in [0, 0.05) is 18.6 Å². The van der Waals surface area contributed by atoms with Gasteiger partial charge in [0.25, 0.3) is 0 Å². The van der Waals surface area contributed by atoms with Crippen molar-refractivity contribution in [1.29, 1.82) is 0 Å². The Balaban J connectivity index is 2.22. The van der Waals surface area contributed by atoms with E-state index in [9.17, 15) is 4.79 Å². The van der Waals surface area contributed by atoms with Crippen molar-refractivity contribution < 1.29 is 9.90 Å². The topological polar surface area (TPSA) is 75.1 Å². The van der Waals surface area contributed by atoms with Gasteiger partial charge >= 0.3 is 5.97 Å². The van der Waals surface area contributed by atoms with Gasteiger partial charge in [-0.15, -0.1) is 0 Å².